The molecule has 0 aliphatic heterocycles. The summed E-state index contributed by atoms with van der Waals surface area (Å²) in [6.07, 6.45) is 0. The maximum atomic E-state index is 6.63. The van der Waals surface area contributed by atoms with Crippen LogP contribution in [0.25, 0.3) is 74.8 Å². The van der Waals surface area contributed by atoms with Gasteiger partial charge in [0.05, 0.1) is 0 Å². The van der Waals surface area contributed by atoms with E-state index in [1.165, 1.54) is 47.5 Å². The van der Waals surface area contributed by atoms with Crippen molar-refractivity contribution in [2.24, 2.45) is 0 Å². The van der Waals surface area contributed by atoms with Crippen LogP contribution < -0.4 is 9.80 Å². The average Bonchev–Trinajstić information content (AvgIpc) is 3.90. The van der Waals surface area contributed by atoms with Gasteiger partial charge in [0.25, 0.3) is 0 Å². The molecule has 0 saturated heterocycles. The molecule has 4 heteroatoms. The molecule has 0 radical (unpaired) electrons. The van der Waals surface area contributed by atoms with Crippen molar-refractivity contribution in [1.29, 1.82) is 0 Å². The van der Waals surface area contributed by atoms with Crippen LogP contribution in [0.15, 0.2) is 223 Å². The highest BCUT2D eigenvalue weighted by Crippen LogP contribution is 2.45. The van der Waals surface area contributed by atoms with Gasteiger partial charge in [-0.15, -0.1) is 11.3 Å². The second-order valence-electron chi connectivity index (χ2n) is 15.3. The average molecular weight is 785 g/mol. The fraction of sp³-hybridized carbons (Fsp3) is 0. The van der Waals surface area contributed by atoms with Crippen molar-refractivity contribution < 1.29 is 4.42 Å². The van der Waals surface area contributed by atoms with Crippen LogP contribution >= 0.6 is 11.3 Å². The molecule has 0 amide bonds. The van der Waals surface area contributed by atoms with E-state index in [-0.39, 0.29) is 0 Å². The Morgan fingerprint density at radius 1 is 0.300 bits per heavy atom. The van der Waals surface area contributed by atoms with Gasteiger partial charge in [0, 0.05) is 70.5 Å². The monoisotopic (exact) mass is 784 g/mol. The summed E-state index contributed by atoms with van der Waals surface area (Å²) < 4.78 is 9.27. The summed E-state index contributed by atoms with van der Waals surface area (Å²) in [5.74, 6) is 0. The molecule has 60 heavy (non-hydrogen) atoms. The molecule has 0 aliphatic rings. The first kappa shape index (κ1) is 34.4. The molecule has 10 aromatic carbocycles. The zero-order chi connectivity index (χ0) is 39.6. The van der Waals surface area contributed by atoms with E-state index in [9.17, 15) is 0 Å². The van der Waals surface area contributed by atoms with Crippen molar-refractivity contribution in [3.05, 3.63) is 218 Å². The molecule has 0 saturated carbocycles. The van der Waals surface area contributed by atoms with Gasteiger partial charge in [0.2, 0.25) is 0 Å². The Labute approximate surface area is 351 Å². The fourth-order valence-electron chi connectivity index (χ4n) is 9.04. The predicted octanol–water partition coefficient (Wildman–Crippen LogP) is 16.9. The van der Waals surface area contributed by atoms with Gasteiger partial charge in [0.15, 0.2) is 0 Å². The zero-order valence-electron chi connectivity index (χ0n) is 32.5. The lowest BCUT2D eigenvalue weighted by Crippen LogP contribution is -2.12. The van der Waals surface area contributed by atoms with Crippen molar-refractivity contribution in [2.75, 3.05) is 9.80 Å². The Balaban J connectivity index is 1.02. The standard InChI is InChI=1S/C56H36N2OS/c1-3-13-39(14-4-1)57(40-15-5-2-6-16-40)42-28-30-43(31-29-42)58(41-26-23-37(24-27-41)38-25-34-54-51(35-38)46-18-10-12-22-53(46)60-54)44-32-33-48-50(36-44)45-17-7-8-19-47(45)55-49-20-9-11-21-52(49)59-56(48)55/h1-36H. The van der Waals surface area contributed by atoms with Crippen molar-refractivity contribution in [3.8, 4) is 11.1 Å². The molecule has 0 bridgehead atoms. The minimum atomic E-state index is 0.905. The Hall–Kier alpha value is -7.66. The lowest BCUT2D eigenvalue weighted by atomic mass is 9.96. The first-order valence-corrected chi connectivity index (χ1v) is 21.1. The molecule has 0 atom stereocenters. The van der Waals surface area contributed by atoms with Gasteiger partial charge in [-0.2, -0.15) is 0 Å². The molecular formula is C56H36N2OS. The van der Waals surface area contributed by atoms with Crippen LogP contribution in [-0.4, -0.2) is 0 Å². The summed E-state index contributed by atoms with van der Waals surface area (Å²) in [5.41, 5.74) is 10.7. The maximum Gasteiger partial charge on any atom is 0.143 e. The van der Waals surface area contributed by atoms with E-state index < -0.39 is 0 Å². The summed E-state index contributed by atoms with van der Waals surface area (Å²) in [4.78, 5) is 4.67. The van der Waals surface area contributed by atoms with Crippen LogP contribution in [0, 0.1) is 0 Å². The molecule has 0 fully saturated rings. The second kappa shape index (κ2) is 14.0. The van der Waals surface area contributed by atoms with Gasteiger partial charge in [-0.25, -0.2) is 0 Å². The predicted molar refractivity (Wildman–Crippen MR) is 256 cm³/mol. The summed E-state index contributed by atoms with van der Waals surface area (Å²) in [5, 5.41) is 9.59. The number of fused-ring (bicyclic) bond motifs is 11. The molecule has 2 aromatic heterocycles. The number of benzene rings is 10. The molecular weight excluding hydrogens is 749 g/mol. The molecule has 12 aromatic rings. The number of nitrogens with zero attached hydrogens (tertiary/aromatic N) is 2. The van der Waals surface area contributed by atoms with Crippen molar-refractivity contribution in [2.45, 2.75) is 0 Å². The van der Waals surface area contributed by atoms with E-state index in [4.69, 9.17) is 4.42 Å². The Bertz CT molecular complexity index is 3500. The summed E-state index contributed by atoms with van der Waals surface area (Å²) in [6, 6.07) is 78.6. The van der Waals surface area contributed by atoms with Crippen LogP contribution in [-0.2, 0) is 0 Å². The molecule has 0 spiro atoms. The molecule has 0 unspecified atom stereocenters. The number of anilines is 6. The lowest BCUT2D eigenvalue weighted by Gasteiger charge is -2.28. The number of rotatable bonds is 7. The van der Waals surface area contributed by atoms with Crippen LogP contribution in [0.4, 0.5) is 34.1 Å². The van der Waals surface area contributed by atoms with Gasteiger partial charge in [-0.3, -0.25) is 0 Å². The smallest absolute Gasteiger partial charge is 0.143 e. The number of para-hydroxylation sites is 3. The molecule has 0 aliphatic carbocycles. The lowest BCUT2D eigenvalue weighted by molar-refractivity contribution is 0.673. The molecule has 3 nitrogen and oxygen atoms in total. The van der Waals surface area contributed by atoms with Crippen LogP contribution in [0.2, 0.25) is 0 Å². The minimum absolute atomic E-state index is 0.905. The molecule has 282 valence electrons. The van der Waals surface area contributed by atoms with Crippen molar-refractivity contribution in [3.63, 3.8) is 0 Å². The largest absolute Gasteiger partial charge is 0.455 e. The molecule has 0 N–H and O–H groups in total. The summed E-state index contributed by atoms with van der Waals surface area (Å²) in [7, 11) is 0. The van der Waals surface area contributed by atoms with E-state index in [0.29, 0.717) is 0 Å². The van der Waals surface area contributed by atoms with E-state index in [1.54, 1.807) is 0 Å². The maximum absolute atomic E-state index is 6.63. The Kier molecular flexibility index (Phi) is 8.03. The highest BCUT2D eigenvalue weighted by Gasteiger charge is 2.20. The van der Waals surface area contributed by atoms with Crippen LogP contribution in [0.1, 0.15) is 0 Å². The van der Waals surface area contributed by atoms with E-state index in [2.05, 4.69) is 222 Å². The van der Waals surface area contributed by atoms with Crippen LogP contribution in [0.5, 0.6) is 0 Å². The van der Waals surface area contributed by atoms with Gasteiger partial charge in [-0.05, 0) is 130 Å². The SMILES string of the molecule is c1ccc(N(c2ccccc2)c2ccc(N(c3ccc(-c4ccc5sc6ccccc6c5c4)cc3)c3ccc4c(c3)c3ccccc3c3c5ccccc5oc43)cc2)cc1. The highest BCUT2D eigenvalue weighted by atomic mass is 32.1. The van der Waals surface area contributed by atoms with Gasteiger partial charge >= 0.3 is 0 Å². The summed E-state index contributed by atoms with van der Waals surface area (Å²) in [6.45, 7) is 0. The zero-order valence-corrected chi connectivity index (χ0v) is 33.3. The third-order valence-corrected chi connectivity index (χ3v) is 13.0. The molecule has 12 rings (SSSR count). The van der Waals surface area contributed by atoms with Gasteiger partial charge < -0.3 is 14.2 Å². The Morgan fingerprint density at radius 3 is 1.50 bits per heavy atom. The topological polar surface area (TPSA) is 19.6 Å². The number of furan rings is 1. The first-order chi connectivity index (χ1) is 29.7. The minimum Gasteiger partial charge on any atom is -0.455 e. The molecule has 2 heterocycles. The summed E-state index contributed by atoms with van der Waals surface area (Å²) >= 11 is 1.85. The van der Waals surface area contributed by atoms with Gasteiger partial charge in [-0.1, -0.05) is 115 Å². The first-order valence-electron chi connectivity index (χ1n) is 20.3. The number of thiophene rings is 1. The van der Waals surface area contributed by atoms with E-state index in [1.807, 2.05) is 17.4 Å². The number of hydrogen-bond donors (Lipinski definition) is 0. The van der Waals surface area contributed by atoms with Gasteiger partial charge in [0.1, 0.15) is 11.2 Å². The fourth-order valence-corrected chi connectivity index (χ4v) is 10.1. The second-order valence-corrected chi connectivity index (χ2v) is 16.4. The quantitative estimate of drug-likeness (QED) is 0.150. The van der Waals surface area contributed by atoms with Crippen molar-refractivity contribution >= 4 is 109 Å². The van der Waals surface area contributed by atoms with E-state index in [0.717, 1.165) is 61.4 Å². The van der Waals surface area contributed by atoms with Crippen LogP contribution in [0.3, 0.4) is 0 Å². The van der Waals surface area contributed by atoms with Crippen molar-refractivity contribution in [1.82, 2.24) is 0 Å². The third-order valence-electron chi connectivity index (χ3n) is 11.8. The third kappa shape index (κ3) is 5.65. The normalized spacial score (nSPS) is 11.7. The Morgan fingerprint density at radius 2 is 0.800 bits per heavy atom. The number of hydrogen-bond acceptors (Lipinski definition) is 4. The van der Waals surface area contributed by atoms with E-state index >= 15 is 0 Å². The highest BCUT2D eigenvalue weighted by molar-refractivity contribution is 7.25.